The molecule has 0 amide bonds. The Morgan fingerprint density at radius 1 is 1.36 bits per heavy atom. The molecule has 76 valence electrons. The molecule has 0 heterocycles. The number of ketones is 2. The Morgan fingerprint density at radius 3 is 2.29 bits per heavy atom. The van der Waals surface area contributed by atoms with E-state index in [1.807, 2.05) is 0 Å². The molecular weight excluding hydrogens is 184 g/mol. The lowest BCUT2D eigenvalue weighted by Gasteiger charge is -2.26. The van der Waals surface area contributed by atoms with Crippen molar-refractivity contribution < 1.29 is 19.8 Å². The Kier molecular flexibility index (Phi) is 2.23. The van der Waals surface area contributed by atoms with E-state index >= 15 is 0 Å². The second-order valence-corrected chi connectivity index (χ2v) is 3.80. The predicted octanol–water partition coefficient (Wildman–Crippen LogP) is 1.44. The highest BCUT2D eigenvalue weighted by molar-refractivity contribution is 6.06. The molecular formula is C10H12O4. The van der Waals surface area contributed by atoms with Gasteiger partial charge in [0.2, 0.25) is 0 Å². The highest BCUT2D eigenvalue weighted by atomic mass is 16.3. The maximum absolute atomic E-state index is 11.4. The molecule has 0 unspecified atom stereocenters. The SMILES string of the molecule is CC(=O)C1=C(O)C(C)(C)C(=O)C=C1O. The van der Waals surface area contributed by atoms with Gasteiger partial charge in [-0.2, -0.15) is 0 Å². The van der Waals surface area contributed by atoms with Gasteiger partial charge in [-0.1, -0.05) is 0 Å². The van der Waals surface area contributed by atoms with E-state index in [-0.39, 0.29) is 11.3 Å². The van der Waals surface area contributed by atoms with E-state index < -0.39 is 22.7 Å². The molecule has 0 aromatic carbocycles. The highest BCUT2D eigenvalue weighted by Crippen LogP contribution is 2.34. The summed E-state index contributed by atoms with van der Waals surface area (Å²) in [5.41, 5.74) is -1.30. The first-order chi connectivity index (χ1) is 6.28. The van der Waals surface area contributed by atoms with Crippen LogP contribution in [0, 0.1) is 5.41 Å². The monoisotopic (exact) mass is 196 g/mol. The van der Waals surface area contributed by atoms with Crippen LogP contribution in [0.1, 0.15) is 20.8 Å². The zero-order valence-electron chi connectivity index (χ0n) is 8.29. The number of hydrogen-bond acceptors (Lipinski definition) is 4. The van der Waals surface area contributed by atoms with Crippen LogP contribution in [-0.2, 0) is 9.59 Å². The van der Waals surface area contributed by atoms with Crippen molar-refractivity contribution >= 4 is 11.6 Å². The van der Waals surface area contributed by atoms with Crippen molar-refractivity contribution in [2.75, 3.05) is 0 Å². The molecule has 0 bridgehead atoms. The first-order valence-electron chi connectivity index (χ1n) is 4.18. The lowest BCUT2D eigenvalue weighted by Crippen LogP contribution is -2.31. The predicted molar refractivity (Wildman–Crippen MR) is 49.8 cm³/mol. The van der Waals surface area contributed by atoms with E-state index in [0.717, 1.165) is 6.08 Å². The third kappa shape index (κ3) is 1.32. The van der Waals surface area contributed by atoms with Crippen LogP contribution >= 0.6 is 0 Å². The second kappa shape index (κ2) is 2.97. The molecule has 0 aliphatic heterocycles. The lowest BCUT2D eigenvalue weighted by molar-refractivity contribution is -0.122. The summed E-state index contributed by atoms with van der Waals surface area (Å²) in [5.74, 6) is -1.70. The lowest BCUT2D eigenvalue weighted by atomic mass is 9.78. The van der Waals surface area contributed by atoms with E-state index in [0.29, 0.717) is 0 Å². The van der Waals surface area contributed by atoms with Gasteiger partial charge in [0, 0.05) is 6.08 Å². The standard InChI is InChI=1S/C10H12O4/c1-5(11)8-6(12)4-7(13)10(2,3)9(8)14/h4,12,14H,1-3H3. The van der Waals surface area contributed by atoms with Crippen molar-refractivity contribution in [2.24, 2.45) is 5.41 Å². The number of carbonyl (C=O) groups is 2. The second-order valence-electron chi connectivity index (χ2n) is 3.80. The molecule has 0 spiro atoms. The van der Waals surface area contributed by atoms with Crippen LogP contribution in [0.2, 0.25) is 0 Å². The molecule has 0 radical (unpaired) electrons. The van der Waals surface area contributed by atoms with E-state index in [1.54, 1.807) is 0 Å². The molecule has 0 fully saturated rings. The van der Waals surface area contributed by atoms with Crippen LogP contribution in [0.3, 0.4) is 0 Å². The van der Waals surface area contributed by atoms with Gasteiger partial charge >= 0.3 is 0 Å². The summed E-state index contributed by atoms with van der Waals surface area (Å²) in [6, 6.07) is 0. The average Bonchev–Trinajstić information content (AvgIpc) is 2.00. The first-order valence-corrected chi connectivity index (χ1v) is 4.18. The van der Waals surface area contributed by atoms with Gasteiger partial charge < -0.3 is 10.2 Å². The van der Waals surface area contributed by atoms with Crippen molar-refractivity contribution in [1.82, 2.24) is 0 Å². The summed E-state index contributed by atoms with van der Waals surface area (Å²) in [7, 11) is 0. The molecule has 1 aliphatic rings. The molecule has 0 aromatic rings. The van der Waals surface area contributed by atoms with Gasteiger partial charge in [-0.3, -0.25) is 9.59 Å². The normalized spacial score (nSPS) is 20.8. The van der Waals surface area contributed by atoms with Crippen molar-refractivity contribution in [3.05, 3.63) is 23.2 Å². The molecule has 0 aromatic heterocycles. The molecule has 2 N–H and O–H groups in total. The van der Waals surface area contributed by atoms with Gasteiger partial charge in [-0.05, 0) is 20.8 Å². The van der Waals surface area contributed by atoms with Crippen molar-refractivity contribution in [2.45, 2.75) is 20.8 Å². The molecule has 0 atom stereocenters. The maximum atomic E-state index is 11.4. The number of hydrogen-bond donors (Lipinski definition) is 2. The summed E-state index contributed by atoms with van der Waals surface area (Å²) in [6.45, 7) is 4.22. The fourth-order valence-corrected chi connectivity index (χ4v) is 1.27. The van der Waals surface area contributed by atoms with Gasteiger partial charge in [-0.25, -0.2) is 0 Å². The minimum Gasteiger partial charge on any atom is -0.510 e. The third-order valence-electron chi connectivity index (χ3n) is 2.32. The molecule has 1 rings (SSSR count). The van der Waals surface area contributed by atoms with Crippen LogP contribution in [0.25, 0.3) is 0 Å². The molecule has 14 heavy (non-hydrogen) atoms. The first kappa shape index (κ1) is 10.5. The summed E-state index contributed by atoms with van der Waals surface area (Å²) < 4.78 is 0. The quantitative estimate of drug-likeness (QED) is 0.665. The molecule has 0 saturated heterocycles. The zero-order chi connectivity index (χ0) is 11.1. The Labute approximate surface area is 81.6 Å². The van der Waals surface area contributed by atoms with Gasteiger partial charge in [0.1, 0.15) is 11.5 Å². The maximum Gasteiger partial charge on any atom is 0.172 e. The Balaban J connectivity index is 3.40. The summed E-state index contributed by atoms with van der Waals surface area (Å²) in [6.07, 6.45) is 0.969. The summed E-state index contributed by atoms with van der Waals surface area (Å²) in [5, 5.41) is 19.0. The highest BCUT2D eigenvalue weighted by Gasteiger charge is 2.39. The summed E-state index contributed by atoms with van der Waals surface area (Å²) in [4.78, 5) is 22.4. The number of aliphatic hydroxyl groups excluding tert-OH is 2. The summed E-state index contributed by atoms with van der Waals surface area (Å²) >= 11 is 0. The van der Waals surface area contributed by atoms with Gasteiger partial charge in [0.25, 0.3) is 0 Å². The fraction of sp³-hybridized carbons (Fsp3) is 0.400. The number of Topliss-reactive ketones (excluding diaryl/α,β-unsaturated/α-hetero) is 1. The molecule has 4 heteroatoms. The smallest absolute Gasteiger partial charge is 0.172 e. The van der Waals surface area contributed by atoms with Crippen LogP contribution < -0.4 is 0 Å². The van der Waals surface area contributed by atoms with Crippen LogP contribution in [0.15, 0.2) is 23.2 Å². The number of carbonyl (C=O) groups excluding carboxylic acids is 2. The van der Waals surface area contributed by atoms with Crippen LogP contribution in [-0.4, -0.2) is 21.8 Å². The number of allylic oxidation sites excluding steroid dienone is 3. The van der Waals surface area contributed by atoms with E-state index in [2.05, 4.69) is 0 Å². The van der Waals surface area contributed by atoms with E-state index in [4.69, 9.17) is 0 Å². The topological polar surface area (TPSA) is 74.6 Å². The minimum absolute atomic E-state index is 0.172. The van der Waals surface area contributed by atoms with Gasteiger partial charge in [0.05, 0.1) is 11.0 Å². The van der Waals surface area contributed by atoms with E-state index in [9.17, 15) is 19.8 Å². The number of aliphatic hydroxyl groups is 2. The Morgan fingerprint density at radius 2 is 1.86 bits per heavy atom. The molecule has 4 nitrogen and oxygen atoms in total. The van der Waals surface area contributed by atoms with Gasteiger partial charge in [-0.15, -0.1) is 0 Å². The van der Waals surface area contributed by atoms with Crippen LogP contribution in [0.4, 0.5) is 0 Å². The number of rotatable bonds is 1. The average molecular weight is 196 g/mol. The van der Waals surface area contributed by atoms with Crippen molar-refractivity contribution in [3.63, 3.8) is 0 Å². The van der Waals surface area contributed by atoms with Crippen molar-refractivity contribution in [1.29, 1.82) is 0 Å². The van der Waals surface area contributed by atoms with Crippen molar-refractivity contribution in [3.8, 4) is 0 Å². The largest absolute Gasteiger partial charge is 0.510 e. The third-order valence-corrected chi connectivity index (χ3v) is 2.32. The molecule has 1 aliphatic carbocycles. The van der Waals surface area contributed by atoms with Crippen LogP contribution in [0.5, 0.6) is 0 Å². The van der Waals surface area contributed by atoms with Gasteiger partial charge in [0.15, 0.2) is 11.6 Å². The minimum atomic E-state index is -1.13. The Bertz CT molecular complexity index is 372. The zero-order valence-corrected chi connectivity index (χ0v) is 8.29. The van der Waals surface area contributed by atoms with E-state index in [1.165, 1.54) is 20.8 Å². The Hall–Kier alpha value is -1.58. The molecule has 0 saturated carbocycles. The fourth-order valence-electron chi connectivity index (χ4n) is 1.27.